The van der Waals surface area contributed by atoms with Crippen LogP contribution in [0.3, 0.4) is 0 Å². The zero-order valence-corrected chi connectivity index (χ0v) is 18.1. The van der Waals surface area contributed by atoms with Gasteiger partial charge in [-0.15, -0.1) is 0 Å². The molecule has 0 bridgehead atoms. The summed E-state index contributed by atoms with van der Waals surface area (Å²) in [6.45, 7) is 6.16. The molecular weight excluding hydrogens is 400 g/mol. The molecule has 6 heteroatoms. The van der Waals surface area contributed by atoms with E-state index in [-0.39, 0.29) is 17.4 Å². The van der Waals surface area contributed by atoms with E-state index >= 15 is 0 Å². The summed E-state index contributed by atoms with van der Waals surface area (Å²) in [6.07, 6.45) is 3.73. The molecule has 0 radical (unpaired) electrons. The molecule has 1 fully saturated rings. The standard InChI is InChI=1S/C24H27ClN2O3/c1-16-9-11-26(12-10-16)23(18-5-7-19(25)8-6-18)22-21(28)14-17(2)27(24(22)29)15-20-4-3-13-30-20/h3-8,13-14,16,23,28H,9-12,15H2,1-2H3. The quantitative estimate of drug-likeness (QED) is 0.625. The van der Waals surface area contributed by atoms with Crippen LogP contribution in [-0.4, -0.2) is 27.7 Å². The number of halogens is 1. The molecule has 1 unspecified atom stereocenters. The first kappa shape index (κ1) is 20.8. The maximum atomic E-state index is 13.6. The van der Waals surface area contributed by atoms with Gasteiger partial charge in [-0.25, -0.2) is 0 Å². The van der Waals surface area contributed by atoms with E-state index in [1.54, 1.807) is 16.9 Å². The van der Waals surface area contributed by atoms with Gasteiger partial charge in [0.15, 0.2) is 0 Å². The summed E-state index contributed by atoms with van der Waals surface area (Å²) in [7, 11) is 0. The first-order chi connectivity index (χ1) is 14.4. The van der Waals surface area contributed by atoms with Gasteiger partial charge in [-0.3, -0.25) is 9.69 Å². The minimum Gasteiger partial charge on any atom is -0.507 e. The smallest absolute Gasteiger partial charge is 0.260 e. The van der Waals surface area contributed by atoms with E-state index in [0.29, 0.717) is 34.5 Å². The number of aromatic nitrogens is 1. The van der Waals surface area contributed by atoms with E-state index in [1.165, 1.54) is 0 Å². The van der Waals surface area contributed by atoms with Gasteiger partial charge in [-0.05, 0) is 74.7 Å². The predicted molar refractivity (Wildman–Crippen MR) is 118 cm³/mol. The highest BCUT2D eigenvalue weighted by atomic mass is 35.5. The monoisotopic (exact) mass is 426 g/mol. The Balaban J connectivity index is 1.83. The Bertz CT molecular complexity index is 1050. The lowest BCUT2D eigenvalue weighted by Crippen LogP contribution is -2.40. The van der Waals surface area contributed by atoms with Crippen molar-refractivity contribution in [1.29, 1.82) is 0 Å². The van der Waals surface area contributed by atoms with E-state index in [2.05, 4.69) is 11.8 Å². The van der Waals surface area contributed by atoms with Gasteiger partial charge in [0, 0.05) is 10.7 Å². The van der Waals surface area contributed by atoms with Crippen molar-refractivity contribution in [3.63, 3.8) is 0 Å². The average Bonchev–Trinajstić information content (AvgIpc) is 3.23. The highest BCUT2D eigenvalue weighted by Crippen LogP contribution is 2.35. The predicted octanol–water partition coefficient (Wildman–Crippen LogP) is 4.98. The first-order valence-corrected chi connectivity index (χ1v) is 10.8. The lowest BCUT2D eigenvalue weighted by molar-refractivity contribution is 0.154. The van der Waals surface area contributed by atoms with Gasteiger partial charge in [0.2, 0.25) is 0 Å². The molecule has 0 saturated carbocycles. The molecule has 2 aromatic heterocycles. The van der Waals surface area contributed by atoms with Crippen molar-refractivity contribution in [1.82, 2.24) is 9.47 Å². The Morgan fingerprint density at radius 2 is 1.90 bits per heavy atom. The Labute approximate surface area is 181 Å². The zero-order valence-electron chi connectivity index (χ0n) is 17.3. The molecule has 1 aliphatic heterocycles. The second-order valence-electron chi connectivity index (χ2n) is 8.23. The molecule has 1 saturated heterocycles. The van der Waals surface area contributed by atoms with E-state index in [4.69, 9.17) is 16.0 Å². The van der Waals surface area contributed by atoms with Crippen LogP contribution in [0.1, 0.15) is 48.4 Å². The van der Waals surface area contributed by atoms with Crippen LogP contribution >= 0.6 is 11.6 Å². The number of nitrogens with zero attached hydrogens (tertiary/aromatic N) is 2. The SMILES string of the molecule is Cc1cc(O)c(C(c2ccc(Cl)cc2)N2CCC(C)CC2)c(=O)n1Cc1ccco1. The van der Waals surface area contributed by atoms with E-state index < -0.39 is 0 Å². The van der Waals surface area contributed by atoms with Crippen molar-refractivity contribution >= 4 is 11.6 Å². The van der Waals surface area contributed by atoms with Crippen molar-refractivity contribution in [3.8, 4) is 5.75 Å². The third-order valence-electron chi connectivity index (χ3n) is 6.06. The normalized spacial score (nSPS) is 16.6. The number of aromatic hydroxyl groups is 1. The van der Waals surface area contributed by atoms with Gasteiger partial charge in [0.1, 0.15) is 11.5 Å². The molecule has 1 aliphatic rings. The second-order valence-corrected chi connectivity index (χ2v) is 8.66. The van der Waals surface area contributed by atoms with Crippen molar-refractivity contribution in [2.24, 2.45) is 5.92 Å². The van der Waals surface area contributed by atoms with Crippen molar-refractivity contribution in [3.05, 3.63) is 86.7 Å². The number of piperidine rings is 1. The Morgan fingerprint density at radius 1 is 1.20 bits per heavy atom. The highest BCUT2D eigenvalue weighted by Gasteiger charge is 2.31. The Hall–Kier alpha value is -2.50. The molecule has 30 heavy (non-hydrogen) atoms. The van der Waals surface area contributed by atoms with Crippen LogP contribution in [0, 0.1) is 12.8 Å². The summed E-state index contributed by atoms with van der Waals surface area (Å²) in [6, 6.07) is 12.6. The molecule has 3 aromatic rings. The minimum absolute atomic E-state index is 0.0340. The highest BCUT2D eigenvalue weighted by molar-refractivity contribution is 6.30. The summed E-state index contributed by atoms with van der Waals surface area (Å²) in [5.41, 5.74) is 1.86. The van der Waals surface area contributed by atoms with Crippen LogP contribution in [0.5, 0.6) is 5.75 Å². The second kappa shape index (κ2) is 8.70. The van der Waals surface area contributed by atoms with E-state index in [1.807, 2.05) is 43.3 Å². The third kappa shape index (κ3) is 4.18. The number of furan rings is 1. The number of likely N-dealkylation sites (tertiary alicyclic amines) is 1. The fourth-order valence-corrected chi connectivity index (χ4v) is 4.40. The van der Waals surface area contributed by atoms with Gasteiger partial charge >= 0.3 is 0 Å². The summed E-state index contributed by atoms with van der Waals surface area (Å²) in [5, 5.41) is 11.5. The maximum Gasteiger partial charge on any atom is 0.260 e. The Morgan fingerprint density at radius 3 is 2.53 bits per heavy atom. The van der Waals surface area contributed by atoms with Gasteiger partial charge in [0.05, 0.1) is 24.4 Å². The number of hydrogen-bond acceptors (Lipinski definition) is 4. The number of rotatable bonds is 5. The molecule has 4 rings (SSSR count). The van der Waals surface area contributed by atoms with Crippen LogP contribution in [0.4, 0.5) is 0 Å². The van der Waals surface area contributed by atoms with Crippen molar-refractivity contribution < 1.29 is 9.52 Å². The largest absolute Gasteiger partial charge is 0.507 e. The molecule has 1 N–H and O–H groups in total. The first-order valence-electron chi connectivity index (χ1n) is 10.4. The maximum absolute atomic E-state index is 13.6. The lowest BCUT2D eigenvalue weighted by atomic mass is 9.92. The van der Waals surface area contributed by atoms with Crippen LogP contribution in [0.25, 0.3) is 0 Å². The number of hydrogen-bond donors (Lipinski definition) is 1. The summed E-state index contributed by atoms with van der Waals surface area (Å²) in [5.74, 6) is 1.40. The fourth-order valence-electron chi connectivity index (χ4n) is 4.27. The molecule has 0 spiro atoms. The van der Waals surface area contributed by atoms with Gasteiger partial charge in [0.25, 0.3) is 5.56 Å². The molecule has 1 atom stereocenters. The van der Waals surface area contributed by atoms with Crippen LogP contribution < -0.4 is 5.56 Å². The molecule has 1 aromatic carbocycles. The molecule has 0 aliphatic carbocycles. The molecule has 5 nitrogen and oxygen atoms in total. The third-order valence-corrected chi connectivity index (χ3v) is 6.31. The molecule has 158 valence electrons. The molecule has 3 heterocycles. The minimum atomic E-state index is -0.328. The summed E-state index contributed by atoms with van der Waals surface area (Å²) >= 11 is 6.12. The van der Waals surface area contributed by atoms with E-state index in [9.17, 15) is 9.90 Å². The van der Waals surface area contributed by atoms with Gasteiger partial charge in [-0.1, -0.05) is 30.7 Å². The van der Waals surface area contributed by atoms with Crippen LogP contribution in [0.15, 0.2) is 57.9 Å². The Kier molecular flexibility index (Phi) is 6.02. The fraction of sp³-hybridized carbons (Fsp3) is 0.375. The van der Waals surface area contributed by atoms with Gasteiger partial charge < -0.3 is 14.1 Å². The average molecular weight is 427 g/mol. The van der Waals surface area contributed by atoms with E-state index in [0.717, 1.165) is 31.5 Å². The molecular formula is C24H27ClN2O3. The number of aryl methyl sites for hydroxylation is 1. The number of pyridine rings is 1. The number of benzene rings is 1. The topological polar surface area (TPSA) is 58.6 Å². The van der Waals surface area contributed by atoms with Crippen molar-refractivity contribution in [2.75, 3.05) is 13.1 Å². The summed E-state index contributed by atoms with van der Waals surface area (Å²) in [4.78, 5) is 15.9. The van der Waals surface area contributed by atoms with Crippen LogP contribution in [0.2, 0.25) is 5.02 Å². The molecule has 0 amide bonds. The van der Waals surface area contributed by atoms with Gasteiger partial charge in [-0.2, -0.15) is 0 Å². The van der Waals surface area contributed by atoms with Crippen LogP contribution in [-0.2, 0) is 6.54 Å². The zero-order chi connectivity index (χ0) is 21.3. The van der Waals surface area contributed by atoms with Crippen molar-refractivity contribution in [2.45, 2.75) is 39.3 Å². The lowest BCUT2D eigenvalue weighted by Gasteiger charge is -2.37. The summed E-state index contributed by atoms with van der Waals surface area (Å²) < 4.78 is 7.13.